The molecule has 1 aliphatic rings. The fourth-order valence-electron chi connectivity index (χ4n) is 2.30. The molecule has 1 aliphatic heterocycles. The monoisotopic (exact) mass is 268 g/mol. The number of rotatable bonds is 3. The van der Waals surface area contributed by atoms with Crippen molar-refractivity contribution in [1.82, 2.24) is 14.7 Å². The van der Waals surface area contributed by atoms with Crippen LogP contribution in [0.4, 0.5) is 5.69 Å². The third-order valence-corrected chi connectivity index (χ3v) is 3.33. The number of aryl methyl sites for hydroxylation is 1. The van der Waals surface area contributed by atoms with Gasteiger partial charge in [-0.1, -0.05) is 0 Å². The Hall–Kier alpha value is -1.96. The van der Waals surface area contributed by atoms with Crippen LogP contribution in [0.15, 0.2) is 0 Å². The zero-order valence-electron chi connectivity index (χ0n) is 10.9. The number of aromatic nitrogens is 2. The van der Waals surface area contributed by atoms with Crippen molar-refractivity contribution in [2.24, 2.45) is 0 Å². The van der Waals surface area contributed by atoms with Crippen LogP contribution in [-0.4, -0.2) is 49.8 Å². The molecule has 1 saturated heterocycles. The van der Waals surface area contributed by atoms with Crippen molar-refractivity contribution in [3.05, 3.63) is 21.5 Å². The van der Waals surface area contributed by atoms with Crippen molar-refractivity contribution in [2.75, 3.05) is 13.1 Å². The number of likely N-dealkylation sites (tertiary alicyclic amines) is 1. The Bertz CT molecular complexity index is 525. The van der Waals surface area contributed by atoms with E-state index in [1.807, 2.05) is 0 Å². The lowest BCUT2D eigenvalue weighted by molar-refractivity contribution is -0.386. The van der Waals surface area contributed by atoms with E-state index in [2.05, 4.69) is 5.10 Å². The number of aliphatic hydroxyl groups is 1. The van der Waals surface area contributed by atoms with Crippen molar-refractivity contribution < 1.29 is 14.8 Å². The summed E-state index contributed by atoms with van der Waals surface area (Å²) in [5.41, 5.74) is 0.626. The lowest BCUT2D eigenvalue weighted by Gasteiger charge is -2.15. The molecule has 0 aliphatic carbocycles. The van der Waals surface area contributed by atoms with E-state index in [1.165, 1.54) is 4.68 Å². The van der Waals surface area contributed by atoms with Crippen LogP contribution in [0.2, 0.25) is 0 Å². The minimum atomic E-state index is -0.488. The maximum atomic E-state index is 12.0. The van der Waals surface area contributed by atoms with E-state index in [9.17, 15) is 20.0 Å². The van der Waals surface area contributed by atoms with Crippen LogP contribution >= 0.6 is 0 Å². The van der Waals surface area contributed by atoms with Gasteiger partial charge in [0, 0.05) is 13.1 Å². The van der Waals surface area contributed by atoms with Crippen molar-refractivity contribution in [3.63, 3.8) is 0 Å². The van der Waals surface area contributed by atoms with Gasteiger partial charge >= 0.3 is 5.69 Å². The topological polar surface area (TPSA) is 102 Å². The molecule has 1 aromatic heterocycles. The third kappa shape index (κ3) is 2.58. The van der Waals surface area contributed by atoms with Gasteiger partial charge in [-0.25, -0.2) is 0 Å². The predicted molar refractivity (Wildman–Crippen MR) is 65.6 cm³/mol. The van der Waals surface area contributed by atoms with Crippen molar-refractivity contribution in [2.45, 2.75) is 32.9 Å². The second-order valence-corrected chi connectivity index (χ2v) is 4.72. The fourth-order valence-corrected chi connectivity index (χ4v) is 2.30. The molecule has 19 heavy (non-hydrogen) atoms. The number of carbonyl (C=O) groups is 1. The highest BCUT2D eigenvalue weighted by molar-refractivity contribution is 5.76. The third-order valence-electron chi connectivity index (χ3n) is 3.33. The van der Waals surface area contributed by atoms with Gasteiger partial charge in [0.1, 0.15) is 17.9 Å². The van der Waals surface area contributed by atoms with Crippen LogP contribution in [-0.2, 0) is 11.3 Å². The first-order valence-corrected chi connectivity index (χ1v) is 6.04. The van der Waals surface area contributed by atoms with Crippen LogP contribution in [0.3, 0.4) is 0 Å². The molecule has 0 unspecified atom stereocenters. The summed E-state index contributed by atoms with van der Waals surface area (Å²) in [7, 11) is 0. The SMILES string of the molecule is Cc1nn(CC(=O)N2CC[C@H](O)C2)c(C)c1[N+](=O)[O-]. The first-order valence-electron chi connectivity index (χ1n) is 6.04. The molecule has 104 valence electrons. The van der Waals surface area contributed by atoms with Gasteiger partial charge in [-0.3, -0.25) is 19.6 Å². The van der Waals surface area contributed by atoms with E-state index in [0.717, 1.165) is 0 Å². The Balaban J connectivity index is 2.13. The molecular weight excluding hydrogens is 252 g/mol. The summed E-state index contributed by atoms with van der Waals surface area (Å²) < 4.78 is 1.35. The lowest BCUT2D eigenvalue weighted by Crippen LogP contribution is -2.33. The van der Waals surface area contributed by atoms with Gasteiger partial charge < -0.3 is 10.0 Å². The standard InChI is InChI=1S/C11H16N4O4/c1-7-11(15(18)19)8(2)14(12-7)6-10(17)13-4-3-9(16)5-13/h9,16H,3-6H2,1-2H3/t9-/m0/s1. The molecule has 8 nitrogen and oxygen atoms in total. The van der Waals surface area contributed by atoms with E-state index < -0.39 is 11.0 Å². The van der Waals surface area contributed by atoms with Crippen LogP contribution in [0, 0.1) is 24.0 Å². The zero-order valence-corrected chi connectivity index (χ0v) is 10.9. The second kappa shape index (κ2) is 4.96. The maximum Gasteiger partial charge on any atom is 0.312 e. The Morgan fingerprint density at radius 1 is 1.58 bits per heavy atom. The summed E-state index contributed by atoms with van der Waals surface area (Å²) in [5.74, 6) is -0.183. The number of hydrogen-bond acceptors (Lipinski definition) is 5. The maximum absolute atomic E-state index is 12.0. The zero-order chi connectivity index (χ0) is 14.2. The minimum absolute atomic E-state index is 0.0345. The van der Waals surface area contributed by atoms with E-state index in [4.69, 9.17) is 0 Å². The van der Waals surface area contributed by atoms with E-state index in [0.29, 0.717) is 30.9 Å². The summed E-state index contributed by atoms with van der Waals surface area (Å²) in [6, 6.07) is 0. The largest absolute Gasteiger partial charge is 0.391 e. The molecule has 8 heteroatoms. The van der Waals surface area contributed by atoms with Gasteiger partial charge in [-0.15, -0.1) is 0 Å². The fraction of sp³-hybridized carbons (Fsp3) is 0.636. The number of carbonyl (C=O) groups excluding carboxylic acids is 1. The average Bonchev–Trinajstić information content (AvgIpc) is 2.84. The van der Waals surface area contributed by atoms with Gasteiger partial charge in [0.25, 0.3) is 0 Å². The normalized spacial score (nSPS) is 18.9. The lowest BCUT2D eigenvalue weighted by atomic mass is 10.3. The van der Waals surface area contributed by atoms with Crippen LogP contribution in [0.25, 0.3) is 0 Å². The number of nitro groups is 1. The van der Waals surface area contributed by atoms with Crippen molar-refractivity contribution in [3.8, 4) is 0 Å². The molecule has 1 aromatic rings. The average molecular weight is 268 g/mol. The Labute approximate surface area is 109 Å². The number of amides is 1. The molecule has 1 amide bonds. The molecule has 1 N–H and O–H groups in total. The molecule has 0 saturated carbocycles. The first-order chi connectivity index (χ1) is 8.90. The highest BCUT2D eigenvalue weighted by Crippen LogP contribution is 2.22. The number of nitrogens with zero attached hydrogens (tertiary/aromatic N) is 4. The summed E-state index contributed by atoms with van der Waals surface area (Å²) in [4.78, 5) is 23.9. The highest BCUT2D eigenvalue weighted by atomic mass is 16.6. The van der Waals surface area contributed by atoms with Crippen molar-refractivity contribution in [1.29, 1.82) is 0 Å². The van der Waals surface area contributed by atoms with Gasteiger partial charge in [0.05, 0.1) is 11.0 Å². The number of β-amino-alcohol motifs (C(OH)–C–C–N with tert-alkyl or cyclic N) is 1. The number of aliphatic hydroxyl groups excluding tert-OH is 1. The molecule has 2 rings (SSSR count). The minimum Gasteiger partial charge on any atom is -0.391 e. The van der Waals surface area contributed by atoms with Gasteiger partial charge in [-0.05, 0) is 20.3 Å². The Morgan fingerprint density at radius 3 is 2.74 bits per heavy atom. The second-order valence-electron chi connectivity index (χ2n) is 4.72. The number of hydrogen-bond donors (Lipinski definition) is 1. The van der Waals surface area contributed by atoms with E-state index in [1.54, 1.807) is 18.7 Å². The quantitative estimate of drug-likeness (QED) is 0.614. The molecule has 1 fully saturated rings. The smallest absolute Gasteiger partial charge is 0.312 e. The highest BCUT2D eigenvalue weighted by Gasteiger charge is 2.27. The summed E-state index contributed by atoms with van der Waals surface area (Å²) >= 11 is 0. The molecule has 1 atom stereocenters. The molecule has 2 heterocycles. The van der Waals surface area contributed by atoms with Gasteiger partial charge in [0.2, 0.25) is 5.91 Å². The van der Waals surface area contributed by atoms with Crippen LogP contribution < -0.4 is 0 Å². The van der Waals surface area contributed by atoms with E-state index >= 15 is 0 Å². The Kier molecular flexibility index (Phi) is 3.52. The molecule has 0 spiro atoms. The van der Waals surface area contributed by atoms with Gasteiger partial charge in [-0.2, -0.15) is 5.10 Å². The molecule has 0 aromatic carbocycles. The first kappa shape index (κ1) is 13.5. The van der Waals surface area contributed by atoms with Crippen LogP contribution in [0.5, 0.6) is 0 Å². The summed E-state index contributed by atoms with van der Waals surface area (Å²) in [5, 5.41) is 24.3. The molecular formula is C11H16N4O4. The van der Waals surface area contributed by atoms with Crippen molar-refractivity contribution >= 4 is 11.6 Å². The predicted octanol–water partition coefficient (Wildman–Crippen LogP) is 0.00134. The van der Waals surface area contributed by atoms with Crippen LogP contribution in [0.1, 0.15) is 17.8 Å². The Morgan fingerprint density at radius 2 is 2.26 bits per heavy atom. The van der Waals surface area contributed by atoms with Gasteiger partial charge in [0.15, 0.2) is 0 Å². The summed E-state index contributed by atoms with van der Waals surface area (Å²) in [6.45, 7) is 3.92. The molecule has 0 bridgehead atoms. The van der Waals surface area contributed by atoms with E-state index in [-0.39, 0.29) is 18.1 Å². The summed E-state index contributed by atoms with van der Waals surface area (Å²) in [6.07, 6.45) is 0.0990. The molecule has 0 radical (unpaired) electrons.